The highest BCUT2D eigenvalue weighted by Crippen LogP contribution is 2.23. The van der Waals surface area contributed by atoms with Crippen molar-refractivity contribution in [1.82, 2.24) is 0 Å². The van der Waals surface area contributed by atoms with Crippen LogP contribution in [0.4, 0.5) is 0 Å². The number of phosphoric acid groups is 1. The van der Waals surface area contributed by atoms with Gasteiger partial charge in [0.2, 0.25) is 0 Å². The van der Waals surface area contributed by atoms with Gasteiger partial charge < -0.3 is 48.0 Å². The summed E-state index contributed by atoms with van der Waals surface area (Å²) in [4.78, 5) is 28.9. The Morgan fingerprint density at radius 1 is 1.00 bits per heavy atom. The maximum absolute atomic E-state index is 9.67. The molecule has 0 amide bonds. The number of phosphoric ester groups is 1. The van der Waals surface area contributed by atoms with Crippen LogP contribution >= 0.6 is 7.82 Å². The maximum atomic E-state index is 9.67. The molecular weight excluding hydrogens is 343 g/mol. The van der Waals surface area contributed by atoms with E-state index in [9.17, 15) is 19.1 Å². The monoisotopic (exact) mass is 376 g/mol. The molecule has 3 N–H and O–H groups in total. The van der Waals surface area contributed by atoms with Crippen molar-refractivity contribution in [3.05, 3.63) is 0 Å². The number of nitrogens with zero attached hydrogens (tertiary/aromatic N) is 2. The zero-order valence-electron chi connectivity index (χ0n) is 15.4. The summed E-state index contributed by atoms with van der Waals surface area (Å²) in [5.74, 6) is 0. The van der Waals surface area contributed by atoms with E-state index in [1.807, 2.05) is 0 Å². The van der Waals surface area contributed by atoms with E-state index in [4.69, 9.17) is 15.3 Å². The van der Waals surface area contributed by atoms with Gasteiger partial charge >= 0.3 is 0 Å². The van der Waals surface area contributed by atoms with Crippen molar-refractivity contribution < 1.29 is 48.0 Å². The Morgan fingerprint density at radius 3 is 1.46 bits per heavy atom. The Bertz CT molecular complexity index is 333. The zero-order chi connectivity index (χ0) is 20.0. The summed E-state index contributed by atoms with van der Waals surface area (Å²) in [7, 11) is 7.26. The smallest absolute Gasteiger partial charge is 0.150 e. The Kier molecular flexibility index (Phi) is 16.4. The summed E-state index contributed by atoms with van der Waals surface area (Å²) in [5.41, 5.74) is 0. The number of carbonyl (C=O) groups is 1. The molecule has 0 aliphatic heterocycles. The first kappa shape index (κ1) is 28.4. The van der Waals surface area contributed by atoms with Crippen LogP contribution in [0.5, 0.6) is 0 Å². The van der Waals surface area contributed by atoms with Gasteiger partial charge in [0.15, 0.2) is 6.29 Å². The van der Waals surface area contributed by atoms with Gasteiger partial charge in [-0.2, -0.15) is 0 Å². The number of likely N-dealkylation sites (N-methyl/N-ethyl adjacent to an activating group) is 2. The molecule has 0 aromatic rings. The van der Waals surface area contributed by atoms with Gasteiger partial charge in [0.25, 0.3) is 0 Å². The first-order chi connectivity index (χ1) is 10.6. The van der Waals surface area contributed by atoms with E-state index in [1.165, 1.54) is 0 Å². The molecule has 11 heteroatoms. The molecule has 0 spiro atoms. The number of hydrogen-bond donors (Lipinski definition) is 3. The molecule has 0 fully saturated rings. The van der Waals surface area contributed by atoms with Gasteiger partial charge in [-0.3, -0.25) is 0 Å². The largest absolute Gasteiger partial charge is 0.790 e. The third kappa shape index (κ3) is 37.7. The molecule has 1 atom stereocenters. The van der Waals surface area contributed by atoms with E-state index in [-0.39, 0.29) is 19.5 Å². The van der Waals surface area contributed by atoms with Gasteiger partial charge in [-0.25, -0.2) is 0 Å². The molecule has 0 aliphatic rings. The molecule has 0 saturated heterocycles. The zero-order valence-corrected chi connectivity index (χ0v) is 16.3. The van der Waals surface area contributed by atoms with Crippen LogP contribution in [-0.4, -0.2) is 112 Å². The van der Waals surface area contributed by atoms with Gasteiger partial charge in [0.05, 0.1) is 69.9 Å². The topological polar surface area (TPSA) is 150 Å². The third-order valence-corrected chi connectivity index (χ3v) is 2.57. The molecule has 0 rings (SSSR count). The number of aliphatic hydroxyl groups is 3. The molecule has 0 bridgehead atoms. The molecule has 0 saturated carbocycles. The van der Waals surface area contributed by atoms with Crippen LogP contribution in [0.15, 0.2) is 0 Å². The van der Waals surface area contributed by atoms with Crippen molar-refractivity contribution in [2.75, 3.05) is 75.2 Å². The summed E-state index contributed by atoms with van der Waals surface area (Å²) in [5, 5.41) is 25.1. The molecule has 1 unspecified atom stereocenters. The van der Waals surface area contributed by atoms with Crippen LogP contribution in [0.1, 0.15) is 0 Å². The van der Waals surface area contributed by atoms with Gasteiger partial charge in [0, 0.05) is 0 Å². The number of hydrogen-bond acceptors (Lipinski definition) is 8. The fourth-order valence-electron chi connectivity index (χ4n) is 0.807. The summed E-state index contributed by atoms with van der Waals surface area (Å²) in [6.45, 7) is 1.42. The van der Waals surface area contributed by atoms with Crippen LogP contribution in [0.25, 0.3) is 0 Å². The van der Waals surface area contributed by atoms with Crippen LogP contribution in [0.2, 0.25) is 0 Å². The molecule has 24 heavy (non-hydrogen) atoms. The number of carbonyl (C=O) groups excluding carboxylic acids is 1. The summed E-state index contributed by atoms with van der Waals surface area (Å²) in [6, 6.07) is 0. The van der Waals surface area contributed by atoms with E-state index in [2.05, 4.69) is 46.8 Å². The minimum absolute atomic E-state index is 0.0651. The minimum atomic E-state index is -5.05. The van der Waals surface area contributed by atoms with Crippen LogP contribution in [-0.2, 0) is 13.9 Å². The Balaban J connectivity index is -0.000000283. The van der Waals surface area contributed by atoms with Crippen molar-refractivity contribution in [3.63, 3.8) is 0 Å². The van der Waals surface area contributed by atoms with Gasteiger partial charge in [-0.05, 0) is 0 Å². The Morgan fingerprint density at radius 2 is 1.33 bits per heavy atom. The lowest BCUT2D eigenvalue weighted by Crippen LogP contribution is -2.36. The van der Waals surface area contributed by atoms with Crippen molar-refractivity contribution in [3.8, 4) is 0 Å². The fraction of sp³-hybridized carbons (Fsp3) is 0.923. The Labute approximate surface area is 144 Å². The van der Waals surface area contributed by atoms with Crippen molar-refractivity contribution in [2.24, 2.45) is 0 Å². The first-order valence-corrected chi connectivity index (χ1v) is 8.66. The highest BCUT2D eigenvalue weighted by atomic mass is 31.2. The van der Waals surface area contributed by atoms with E-state index in [0.29, 0.717) is 0 Å². The van der Waals surface area contributed by atoms with Crippen LogP contribution in [0.3, 0.4) is 0 Å². The summed E-state index contributed by atoms with van der Waals surface area (Å²) in [6.07, 6.45) is -1.49. The number of rotatable bonds is 8. The van der Waals surface area contributed by atoms with E-state index in [0.717, 1.165) is 22.1 Å². The average molecular weight is 376 g/mol. The number of quaternary nitrogens is 2. The Hall–Kier alpha value is -0.420. The van der Waals surface area contributed by atoms with E-state index >= 15 is 0 Å². The van der Waals surface area contributed by atoms with E-state index in [1.54, 1.807) is 0 Å². The average Bonchev–Trinajstić information content (AvgIpc) is 2.33. The summed E-state index contributed by atoms with van der Waals surface area (Å²) < 4.78 is 14.9. The quantitative estimate of drug-likeness (QED) is 0.227. The SMILES string of the molecule is C[N+](C)(C)CCO.C[N+](C)(C)CCO.O=CC(O)COP(=O)([O-])[O-]. The molecule has 0 aliphatic carbocycles. The predicted molar refractivity (Wildman–Crippen MR) is 85.6 cm³/mol. The predicted octanol–water partition coefficient (Wildman–Crippen LogP) is -3.24. The van der Waals surface area contributed by atoms with Gasteiger partial charge in [-0.1, -0.05) is 0 Å². The highest BCUT2D eigenvalue weighted by Gasteiger charge is 2.03. The lowest BCUT2D eigenvalue weighted by molar-refractivity contribution is -0.870. The second kappa shape index (κ2) is 13.8. The normalized spacial score (nSPS) is 13.1. The molecule has 148 valence electrons. The van der Waals surface area contributed by atoms with Gasteiger partial charge in [0.1, 0.15) is 19.2 Å². The second-order valence-electron chi connectivity index (χ2n) is 6.92. The van der Waals surface area contributed by atoms with Crippen LogP contribution in [0, 0.1) is 0 Å². The lowest BCUT2D eigenvalue weighted by atomic mass is 10.4. The van der Waals surface area contributed by atoms with Crippen molar-refractivity contribution in [1.29, 1.82) is 0 Å². The minimum Gasteiger partial charge on any atom is -0.790 e. The summed E-state index contributed by atoms with van der Waals surface area (Å²) >= 11 is 0. The fourth-order valence-corrected chi connectivity index (χ4v) is 1.14. The second-order valence-corrected chi connectivity index (χ2v) is 8.07. The molecule has 0 aromatic carbocycles. The molecule has 0 radical (unpaired) electrons. The van der Waals surface area contributed by atoms with Crippen molar-refractivity contribution in [2.45, 2.75) is 6.10 Å². The molecule has 0 heterocycles. The maximum Gasteiger partial charge on any atom is 0.150 e. The number of aliphatic hydroxyl groups excluding tert-OH is 3. The van der Waals surface area contributed by atoms with E-state index < -0.39 is 20.5 Å². The van der Waals surface area contributed by atoms with Crippen LogP contribution < -0.4 is 9.79 Å². The standard InChI is InChI=1S/2C5H14NO.C3H7O6P/c2*1-6(2,3)4-5-7;4-1-3(5)2-9-10(6,7)8/h2*7H,4-5H2,1-3H3;1,3,5H,2H2,(H2,6,7,8)/q2*+1;/p-2. The van der Waals surface area contributed by atoms with Gasteiger partial charge in [-0.15, -0.1) is 0 Å². The molecule has 0 aromatic heterocycles. The number of aldehydes is 1. The lowest BCUT2D eigenvalue weighted by Gasteiger charge is -2.28. The third-order valence-electron chi connectivity index (χ3n) is 2.10. The molecular formula is C13H33N2O8P. The van der Waals surface area contributed by atoms with Crippen molar-refractivity contribution >= 4 is 14.1 Å². The molecule has 10 nitrogen and oxygen atoms in total. The highest BCUT2D eigenvalue weighted by molar-refractivity contribution is 7.43. The first-order valence-electron chi connectivity index (χ1n) is 7.20.